The van der Waals surface area contributed by atoms with Crippen molar-refractivity contribution in [3.63, 3.8) is 0 Å². The first-order valence-corrected chi connectivity index (χ1v) is 15.5. The van der Waals surface area contributed by atoms with Crippen molar-refractivity contribution in [3.8, 4) is 45.6 Å². The Kier molecular flexibility index (Phi) is 6.06. The summed E-state index contributed by atoms with van der Waals surface area (Å²) in [5, 5.41) is 0. The lowest BCUT2D eigenvalue weighted by molar-refractivity contribution is 0.922. The monoisotopic (exact) mass is 630 g/mol. The Morgan fingerprint density at radius 3 is 0.854 bits per heavy atom. The van der Waals surface area contributed by atoms with E-state index in [9.17, 15) is 0 Å². The molecule has 0 aliphatic carbocycles. The number of aromatic nitrogens is 12. The Morgan fingerprint density at radius 1 is 0.396 bits per heavy atom. The van der Waals surface area contributed by atoms with Crippen LogP contribution in [0, 0.1) is 0 Å². The molecule has 0 aromatic carbocycles. The van der Waals surface area contributed by atoms with Crippen LogP contribution in [-0.2, 0) is 28.2 Å². The molecule has 0 radical (unpaired) electrons. The van der Waals surface area contributed by atoms with Crippen molar-refractivity contribution in [3.05, 3.63) is 96.6 Å². The van der Waals surface area contributed by atoms with E-state index < -0.39 is 0 Å². The lowest BCUT2D eigenvalue weighted by atomic mass is 10.1. The first kappa shape index (κ1) is 27.7. The summed E-state index contributed by atoms with van der Waals surface area (Å²) in [5.41, 5.74) is 10.1. The number of nitrogens with zero attached hydrogens (tertiary/aromatic N) is 10. The van der Waals surface area contributed by atoms with Gasteiger partial charge in [0.25, 0.3) is 0 Å². The maximum Gasteiger partial charge on any atom is 0.143 e. The molecule has 2 aliphatic rings. The number of imidazole rings is 4. The highest BCUT2D eigenvalue weighted by Crippen LogP contribution is 2.37. The van der Waals surface area contributed by atoms with Gasteiger partial charge in [-0.2, -0.15) is 0 Å². The molecule has 2 N–H and O–H groups in total. The minimum absolute atomic E-state index is 0.783. The van der Waals surface area contributed by atoms with Crippen molar-refractivity contribution in [1.82, 2.24) is 58.1 Å². The molecule has 234 valence electrons. The van der Waals surface area contributed by atoms with Gasteiger partial charge in [-0.05, 0) is 48.6 Å². The number of aromatic amines is 2. The van der Waals surface area contributed by atoms with E-state index in [2.05, 4.69) is 34.2 Å². The summed E-state index contributed by atoms with van der Waals surface area (Å²) in [4.78, 5) is 37.0. The van der Waals surface area contributed by atoms with Gasteiger partial charge < -0.3 is 28.2 Å². The minimum Gasteiger partial charge on any atom is -0.354 e. The summed E-state index contributed by atoms with van der Waals surface area (Å²) in [6, 6.07) is 8.29. The summed E-state index contributed by atoms with van der Waals surface area (Å²) >= 11 is 0. The number of aryl methyl sites for hydroxylation is 4. The van der Waals surface area contributed by atoms with Gasteiger partial charge in [-0.1, -0.05) is 0 Å². The zero-order valence-corrected chi connectivity index (χ0v) is 26.7. The minimum atomic E-state index is 0.783. The van der Waals surface area contributed by atoms with Crippen LogP contribution in [0.2, 0.25) is 0 Å². The molecule has 0 amide bonds. The highest BCUT2D eigenvalue weighted by Gasteiger charge is 2.22. The molecule has 9 heterocycles. The van der Waals surface area contributed by atoms with Crippen molar-refractivity contribution >= 4 is 46.4 Å². The molecule has 48 heavy (non-hydrogen) atoms. The molecule has 0 atom stereocenters. The molecule has 0 saturated carbocycles. The number of rotatable bonds is 4. The molecule has 0 saturated heterocycles. The van der Waals surface area contributed by atoms with E-state index in [1.54, 1.807) is 24.8 Å². The number of hydrogen-bond acceptors (Lipinski definition) is 6. The van der Waals surface area contributed by atoms with Gasteiger partial charge in [-0.3, -0.25) is 0 Å². The predicted octanol–water partition coefficient (Wildman–Crippen LogP) is 6.26. The van der Waals surface area contributed by atoms with Crippen LogP contribution in [0.3, 0.4) is 0 Å². The second-order valence-corrected chi connectivity index (χ2v) is 11.9. The van der Waals surface area contributed by atoms with Crippen molar-refractivity contribution < 1.29 is 0 Å². The zero-order chi connectivity index (χ0) is 32.5. The van der Waals surface area contributed by atoms with Gasteiger partial charge in [0.1, 0.15) is 23.3 Å². The maximum absolute atomic E-state index is 5.26. The van der Waals surface area contributed by atoms with Crippen molar-refractivity contribution in [2.24, 2.45) is 28.2 Å². The second-order valence-electron chi connectivity index (χ2n) is 11.9. The number of nitrogens with one attached hydrogen (secondary N) is 2. The lowest BCUT2D eigenvalue weighted by Crippen LogP contribution is -1.97. The van der Waals surface area contributed by atoms with E-state index in [1.165, 1.54) is 0 Å². The molecular weight excluding hydrogens is 600 g/mol. The van der Waals surface area contributed by atoms with Gasteiger partial charge >= 0.3 is 0 Å². The Hall–Kier alpha value is -6.56. The molecule has 7 aromatic rings. The quantitative estimate of drug-likeness (QED) is 0.236. The molecule has 12 nitrogen and oxygen atoms in total. The standard InChI is InChI=1S/C36H30N12/c1-45-17-13-37-33(45)29-21-5-7-23(41-21)30(34-38-14-18-46(34)2)25-9-11-27(43-25)32(36-40-16-20-48(36)4)28-12-10-26(44-28)31(24-8-6-22(29)42-24)35-39-15-19-47(35)3/h5-20,41,44H,1-4H3. The third kappa shape index (κ3) is 4.23. The smallest absolute Gasteiger partial charge is 0.143 e. The van der Waals surface area contributed by atoms with Crippen LogP contribution >= 0.6 is 0 Å². The average molecular weight is 631 g/mol. The number of fused-ring (bicyclic) bond motifs is 8. The van der Waals surface area contributed by atoms with E-state index in [0.717, 1.165) is 90.4 Å². The third-order valence-electron chi connectivity index (χ3n) is 8.93. The first-order valence-electron chi connectivity index (χ1n) is 15.5. The van der Waals surface area contributed by atoms with Gasteiger partial charge in [-0.25, -0.2) is 29.9 Å². The van der Waals surface area contributed by atoms with Gasteiger partial charge in [0.05, 0.1) is 67.1 Å². The largest absolute Gasteiger partial charge is 0.354 e. The van der Waals surface area contributed by atoms with Crippen LogP contribution in [0.25, 0.3) is 91.9 Å². The van der Waals surface area contributed by atoms with Gasteiger partial charge in [-0.15, -0.1) is 0 Å². The first-order chi connectivity index (χ1) is 23.4. The molecule has 0 spiro atoms. The van der Waals surface area contributed by atoms with E-state index in [1.807, 2.05) is 95.6 Å². The molecule has 9 rings (SSSR count). The average Bonchev–Trinajstić information content (AvgIpc) is 3.91. The topological polar surface area (TPSA) is 129 Å². The van der Waals surface area contributed by atoms with E-state index in [0.29, 0.717) is 0 Å². The van der Waals surface area contributed by atoms with Gasteiger partial charge in [0.15, 0.2) is 0 Å². The molecule has 0 unspecified atom stereocenters. The number of H-pyrrole nitrogens is 2. The van der Waals surface area contributed by atoms with Crippen molar-refractivity contribution in [2.75, 3.05) is 0 Å². The fourth-order valence-electron chi connectivity index (χ4n) is 6.57. The van der Waals surface area contributed by atoms with Crippen molar-refractivity contribution in [2.45, 2.75) is 0 Å². The highest BCUT2D eigenvalue weighted by atomic mass is 15.1. The Morgan fingerprint density at radius 2 is 0.646 bits per heavy atom. The third-order valence-corrected chi connectivity index (χ3v) is 8.93. The van der Waals surface area contributed by atoms with Crippen molar-refractivity contribution in [1.29, 1.82) is 0 Å². The van der Waals surface area contributed by atoms with Crippen LogP contribution < -0.4 is 0 Å². The predicted molar refractivity (Wildman–Crippen MR) is 188 cm³/mol. The zero-order valence-electron chi connectivity index (χ0n) is 26.7. The maximum atomic E-state index is 5.26. The Bertz CT molecular complexity index is 2280. The van der Waals surface area contributed by atoms with E-state index in [4.69, 9.17) is 29.9 Å². The molecular formula is C36H30N12. The summed E-state index contributed by atoms with van der Waals surface area (Å²) in [6.45, 7) is 0. The summed E-state index contributed by atoms with van der Waals surface area (Å²) < 4.78 is 8.03. The van der Waals surface area contributed by atoms with Gasteiger partial charge in [0.2, 0.25) is 0 Å². The fourth-order valence-corrected chi connectivity index (χ4v) is 6.57. The normalized spacial score (nSPS) is 12.4. The van der Waals surface area contributed by atoms with E-state index in [-0.39, 0.29) is 0 Å². The second kappa shape index (κ2) is 10.5. The SMILES string of the molecule is Cn1ccnc1-c1c2nc(c(-c3nccn3C)c3ccc([nH]3)c(-c3nccn3C)c3nc(c(-c4nccn4C)c4ccc1[nH]4)C=C3)C=C2. The fraction of sp³-hybridized carbons (Fsp3) is 0.111. The summed E-state index contributed by atoms with van der Waals surface area (Å²) in [7, 11) is 7.96. The van der Waals surface area contributed by atoms with Crippen LogP contribution in [0.15, 0.2) is 73.8 Å². The van der Waals surface area contributed by atoms with Gasteiger partial charge in [0, 0.05) is 77.8 Å². The van der Waals surface area contributed by atoms with Crippen LogP contribution in [0.5, 0.6) is 0 Å². The van der Waals surface area contributed by atoms with Crippen LogP contribution in [0.1, 0.15) is 22.8 Å². The molecule has 2 aliphatic heterocycles. The molecule has 8 bridgehead atoms. The molecule has 0 fully saturated rings. The van der Waals surface area contributed by atoms with Crippen LogP contribution in [-0.4, -0.2) is 58.1 Å². The summed E-state index contributed by atoms with van der Waals surface area (Å²) in [5.74, 6) is 3.15. The molecule has 7 aromatic heterocycles. The summed E-state index contributed by atoms with van der Waals surface area (Å²) in [6.07, 6.45) is 23.2. The number of hydrogen-bond donors (Lipinski definition) is 2. The van der Waals surface area contributed by atoms with E-state index >= 15 is 0 Å². The molecule has 12 heteroatoms. The lowest BCUT2D eigenvalue weighted by Gasteiger charge is -2.06. The highest BCUT2D eigenvalue weighted by molar-refractivity contribution is 5.97. The Labute approximate surface area is 274 Å². The Balaban J connectivity index is 1.51. The van der Waals surface area contributed by atoms with Crippen LogP contribution in [0.4, 0.5) is 0 Å².